The summed E-state index contributed by atoms with van der Waals surface area (Å²) < 4.78 is 5.64. The second-order valence-electron chi connectivity index (χ2n) is 6.92. The molecular formula is C21H30N4OS. The number of guanidine groups is 1. The highest BCUT2D eigenvalue weighted by atomic mass is 32.1. The Morgan fingerprint density at radius 1 is 1.26 bits per heavy atom. The lowest BCUT2D eigenvalue weighted by atomic mass is 10.1. The Balaban J connectivity index is 1.55. The van der Waals surface area contributed by atoms with Gasteiger partial charge in [-0.15, -0.1) is 0 Å². The van der Waals surface area contributed by atoms with Gasteiger partial charge in [0.1, 0.15) is 0 Å². The quantitative estimate of drug-likeness (QED) is 0.567. The van der Waals surface area contributed by atoms with E-state index < -0.39 is 0 Å². The van der Waals surface area contributed by atoms with Crippen LogP contribution in [-0.4, -0.2) is 43.2 Å². The molecule has 1 aromatic carbocycles. The van der Waals surface area contributed by atoms with Crippen molar-refractivity contribution in [3.05, 3.63) is 57.8 Å². The van der Waals surface area contributed by atoms with Crippen LogP contribution >= 0.6 is 11.3 Å². The van der Waals surface area contributed by atoms with E-state index in [0.29, 0.717) is 12.6 Å². The Morgan fingerprint density at radius 2 is 2.15 bits per heavy atom. The van der Waals surface area contributed by atoms with Gasteiger partial charge in [-0.3, -0.25) is 4.90 Å². The Labute approximate surface area is 166 Å². The summed E-state index contributed by atoms with van der Waals surface area (Å²) in [6.45, 7) is 10.4. The van der Waals surface area contributed by atoms with Gasteiger partial charge in [-0.25, -0.2) is 4.99 Å². The molecule has 2 heterocycles. The molecule has 1 aliphatic rings. The van der Waals surface area contributed by atoms with Crippen molar-refractivity contribution in [2.45, 2.75) is 39.6 Å². The number of hydrogen-bond acceptors (Lipinski definition) is 4. The number of aliphatic imine (C=N–C) groups is 1. The highest BCUT2D eigenvalue weighted by molar-refractivity contribution is 7.07. The maximum absolute atomic E-state index is 5.64. The van der Waals surface area contributed by atoms with Gasteiger partial charge in [0.2, 0.25) is 0 Å². The minimum Gasteiger partial charge on any atom is -0.376 e. The minimum absolute atomic E-state index is 0.325. The van der Waals surface area contributed by atoms with Crippen molar-refractivity contribution >= 4 is 17.3 Å². The maximum atomic E-state index is 5.64. The molecule has 27 heavy (non-hydrogen) atoms. The zero-order valence-corrected chi connectivity index (χ0v) is 17.1. The summed E-state index contributed by atoms with van der Waals surface area (Å²) in [4.78, 5) is 7.14. The zero-order chi connectivity index (χ0) is 18.9. The predicted molar refractivity (Wildman–Crippen MR) is 113 cm³/mol. The standard InChI is InChI=1S/C21H30N4OS/c1-3-22-21(24-13-20-7-10-27-16-20)23-12-18-5-4-6-19(11-18)15-25-8-9-26-17(2)14-25/h4-7,10-11,16-17H,3,8-9,12-15H2,1-2H3,(H2,22,23,24). The SMILES string of the molecule is CCNC(=NCc1ccsc1)NCc1cccc(CN2CCOC(C)C2)c1. The summed E-state index contributed by atoms with van der Waals surface area (Å²) in [6, 6.07) is 10.9. The third kappa shape index (κ3) is 6.65. The number of benzene rings is 1. The lowest BCUT2D eigenvalue weighted by Gasteiger charge is -2.31. The highest BCUT2D eigenvalue weighted by Crippen LogP contribution is 2.12. The first-order valence-electron chi connectivity index (χ1n) is 9.68. The predicted octanol–water partition coefficient (Wildman–Crippen LogP) is 3.22. The maximum Gasteiger partial charge on any atom is 0.191 e. The summed E-state index contributed by atoms with van der Waals surface area (Å²) in [5.41, 5.74) is 3.87. The lowest BCUT2D eigenvalue weighted by molar-refractivity contribution is -0.0212. The number of rotatable bonds is 7. The molecule has 146 valence electrons. The molecular weight excluding hydrogens is 356 g/mol. The Bertz CT molecular complexity index is 717. The van der Waals surface area contributed by atoms with Crippen LogP contribution < -0.4 is 10.6 Å². The van der Waals surface area contributed by atoms with Crippen LogP contribution in [0.3, 0.4) is 0 Å². The van der Waals surface area contributed by atoms with Gasteiger partial charge in [0.25, 0.3) is 0 Å². The Kier molecular flexibility index (Phi) is 7.68. The number of thiophene rings is 1. The Hall–Kier alpha value is -1.89. The molecule has 1 aliphatic heterocycles. The van der Waals surface area contributed by atoms with Crippen LogP contribution in [0.1, 0.15) is 30.5 Å². The molecule has 2 N–H and O–H groups in total. The summed E-state index contributed by atoms with van der Waals surface area (Å²) in [6.07, 6.45) is 0.325. The van der Waals surface area contributed by atoms with Crippen molar-refractivity contribution in [2.75, 3.05) is 26.2 Å². The summed E-state index contributed by atoms with van der Waals surface area (Å²) in [5, 5.41) is 11.0. The number of hydrogen-bond donors (Lipinski definition) is 2. The van der Waals surface area contributed by atoms with Gasteiger partial charge in [0, 0.05) is 32.7 Å². The Morgan fingerprint density at radius 3 is 2.93 bits per heavy atom. The molecule has 1 atom stereocenters. The van der Waals surface area contributed by atoms with Crippen molar-refractivity contribution in [3.63, 3.8) is 0 Å². The van der Waals surface area contributed by atoms with E-state index >= 15 is 0 Å². The van der Waals surface area contributed by atoms with Gasteiger partial charge in [-0.1, -0.05) is 24.3 Å². The summed E-state index contributed by atoms with van der Waals surface area (Å²) in [5.74, 6) is 0.858. The fourth-order valence-corrected chi connectivity index (χ4v) is 3.87. The average Bonchev–Trinajstić information content (AvgIpc) is 3.18. The minimum atomic E-state index is 0.325. The van der Waals surface area contributed by atoms with E-state index in [1.165, 1.54) is 16.7 Å². The van der Waals surface area contributed by atoms with Gasteiger partial charge in [-0.05, 0) is 47.4 Å². The molecule has 0 amide bonds. The average molecular weight is 387 g/mol. The van der Waals surface area contributed by atoms with Crippen molar-refractivity contribution in [3.8, 4) is 0 Å². The van der Waals surface area contributed by atoms with E-state index in [2.05, 4.69) is 75.5 Å². The van der Waals surface area contributed by atoms with E-state index in [-0.39, 0.29) is 0 Å². The third-order valence-electron chi connectivity index (χ3n) is 4.53. The number of morpholine rings is 1. The van der Waals surface area contributed by atoms with Gasteiger partial charge in [-0.2, -0.15) is 11.3 Å². The smallest absolute Gasteiger partial charge is 0.191 e. The molecule has 1 aromatic heterocycles. The molecule has 0 radical (unpaired) electrons. The lowest BCUT2D eigenvalue weighted by Crippen LogP contribution is -2.40. The summed E-state index contributed by atoms with van der Waals surface area (Å²) in [7, 11) is 0. The van der Waals surface area contributed by atoms with Crippen molar-refractivity contribution < 1.29 is 4.74 Å². The molecule has 0 bridgehead atoms. The first-order chi connectivity index (χ1) is 13.2. The monoisotopic (exact) mass is 386 g/mol. The molecule has 1 unspecified atom stereocenters. The van der Waals surface area contributed by atoms with Crippen molar-refractivity contribution in [1.29, 1.82) is 0 Å². The molecule has 1 fully saturated rings. The van der Waals surface area contributed by atoms with Gasteiger partial charge in [0.05, 0.1) is 19.3 Å². The van der Waals surface area contributed by atoms with Crippen LogP contribution in [-0.2, 0) is 24.4 Å². The largest absolute Gasteiger partial charge is 0.376 e. The van der Waals surface area contributed by atoms with Crippen LogP contribution in [0.5, 0.6) is 0 Å². The van der Waals surface area contributed by atoms with Crippen LogP contribution in [0.15, 0.2) is 46.1 Å². The van der Waals surface area contributed by atoms with Crippen LogP contribution in [0.4, 0.5) is 0 Å². The van der Waals surface area contributed by atoms with Gasteiger partial charge >= 0.3 is 0 Å². The van der Waals surface area contributed by atoms with E-state index in [4.69, 9.17) is 4.74 Å². The van der Waals surface area contributed by atoms with Crippen LogP contribution in [0.25, 0.3) is 0 Å². The molecule has 5 nitrogen and oxygen atoms in total. The fraction of sp³-hybridized carbons (Fsp3) is 0.476. The molecule has 0 saturated carbocycles. The van der Waals surface area contributed by atoms with Crippen LogP contribution in [0, 0.1) is 0 Å². The number of ether oxygens (including phenoxy) is 1. The van der Waals surface area contributed by atoms with E-state index in [1.807, 2.05) is 0 Å². The molecule has 2 aromatic rings. The normalized spacial score (nSPS) is 18.4. The fourth-order valence-electron chi connectivity index (χ4n) is 3.21. The van der Waals surface area contributed by atoms with Gasteiger partial charge in [0.15, 0.2) is 5.96 Å². The van der Waals surface area contributed by atoms with Crippen LogP contribution in [0.2, 0.25) is 0 Å². The zero-order valence-electron chi connectivity index (χ0n) is 16.3. The molecule has 1 saturated heterocycles. The molecule has 0 spiro atoms. The van der Waals surface area contributed by atoms with Gasteiger partial charge < -0.3 is 15.4 Å². The van der Waals surface area contributed by atoms with E-state index in [9.17, 15) is 0 Å². The van der Waals surface area contributed by atoms with Crippen molar-refractivity contribution in [1.82, 2.24) is 15.5 Å². The first-order valence-corrected chi connectivity index (χ1v) is 10.6. The molecule has 3 rings (SSSR count). The third-order valence-corrected chi connectivity index (χ3v) is 5.26. The number of nitrogens with zero attached hydrogens (tertiary/aromatic N) is 2. The highest BCUT2D eigenvalue weighted by Gasteiger charge is 2.16. The molecule has 6 heteroatoms. The van der Waals surface area contributed by atoms with E-state index in [1.54, 1.807) is 11.3 Å². The molecule has 0 aliphatic carbocycles. The second kappa shape index (κ2) is 10.4. The van der Waals surface area contributed by atoms with E-state index in [0.717, 1.165) is 45.3 Å². The second-order valence-corrected chi connectivity index (χ2v) is 7.70. The summed E-state index contributed by atoms with van der Waals surface area (Å²) >= 11 is 1.71. The first kappa shape index (κ1) is 19.9. The van der Waals surface area contributed by atoms with Crippen molar-refractivity contribution in [2.24, 2.45) is 4.99 Å². The topological polar surface area (TPSA) is 48.9 Å². The number of nitrogens with one attached hydrogen (secondary N) is 2.